The standard InChI is InChI=1S/C16H17BrN2O2S/c1-16(2,21)9-3-4-10(12(17)7-9)14-18-13-5-6-22-8-11(13)15(20)19-14/h3-4,7,21H,5-6,8H2,1-2H3,(H,18,19,20). The quantitative estimate of drug-likeness (QED) is 0.839. The number of benzene rings is 1. The first kappa shape index (κ1) is 15.8. The van der Waals surface area contributed by atoms with Crippen molar-refractivity contribution in [3.8, 4) is 11.4 Å². The van der Waals surface area contributed by atoms with Gasteiger partial charge >= 0.3 is 0 Å². The molecule has 0 saturated heterocycles. The molecule has 1 aliphatic rings. The van der Waals surface area contributed by atoms with Gasteiger partial charge in [0.15, 0.2) is 0 Å². The van der Waals surface area contributed by atoms with Crippen LogP contribution in [0.25, 0.3) is 11.4 Å². The van der Waals surface area contributed by atoms with E-state index in [0.29, 0.717) is 5.82 Å². The Morgan fingerprint density at radius 1 is 1.41 bits per heavy atom. The molecule has 22 heavy (non-hydrogen) atoms. The molecule has 4 nitrogen and oxygen atoms in total. The lowest BCUT2D eigenvalue weighted by Gasteiger charge is -2.19. The fraction of sp³-hybridized carbons (Fsp3) is 0.375. The van der Waals surface area contributed by atoms with Gasteiger partial charge in [0.05, 0.1) is 11.3 Å². The number of aliphatic hydroxyl groups is 1. The summed E-state index contributed by atoms with van der Waals surface area (Å²) in [6.45, 7) is 3.48. The number of aromatic amines is 1. The molecule has 1 aliphatic heterocycles. The Morgan fingerprint density at radius 2 is 2.18 bits per heavy atom. The van der Waals surface area contributed by atoms with Crippen LogP contribution in [-0.4, -0.2) is 20.8 Å². The number of hydrogen-bond donors (Lipinski definition) is 2. The maximum atomic E-state index is 12.2. The van der Waals surface area contributed by atoms with Crippen molar-refractivity contribution in [3.05, 3.63) is 49.8 Å². The highest BCUT2D eigenvalue weighted by Crippen LogP contribution is 2.31. The van der Waals surface area contributed by atoms with Crippen LogP contribution in [0.2, 0.25) is 0 Å². The highest BCUT2D eigenvalue weighted by atomic mass is 79.9. The van der Waals surface area contributed by atoms with Gasteiger partial charge in [0.25, 0.3) is 5.56 Å². The number of H-pyrrole nitrogens is 1. The fourth-order valence-corrected chi connectivity index (χ4v) is 4.01. The summed E-state index contributed by atoms with van der Waals surface area (Å²) in [5.74, 6) is 2.31. The van der Waals surface area contributed by atoms with Crippen molar-refractivity contribution in [1.29, 1.82) is 0 Å². The lowest BCUT2D eigenvalue weighted by atomic mass is 9.97. The summed E-state index contributed by atoms with van der Waals surface area (Å²) in [7, 11) is 0. The first-order valence-electron chi connectivity index (χ1n) is 7.09. The van der Waals surface area contributed by atoms with E-state index in [-0.39, 0.29) is 5.56 Å². The molecule has 2 N–H and O–H groups in total. The minimum Gasteiger partial charge on any atom is -0.386 e. The van der Waals surface area contributed by atoms with Gasteiger partial charge in [0, 0.05) is 21.4 Å². The topological polar surface area (TPSA) is 66.0 Å². The van der Waals surface area contributed by atoms with Gasteiger partial charge in [-0.15, -0.1) is 0 Å². The van der Waals surface area contributed by atoms with Crippen LogP contribution in [0.4, 0.5) is 0 Å². The van der Waals surface area contributed by atoms with Crippen molar-refractivity contribution >= 4 is 27.7 Å². The van der Waals surface area contributed by atoms with Crippen molar-refractivity contribution < 1.29 is 5.11 Å². The summed E-state index contributed by atoms with van der Waals surface area (Å²) in [4.78, 5) is 19.7. The van der Waals surface area contributed by atoms with Crippen molar-refractivity contribution in [1.82, 2.24) is 9.97 Å². The molecule has 2 heterocycles. The number of rotatable bonds is 2. The molecular formula is C16H17BrN2O2S. The van der Waals surface area contributed by atoms with Crippen molar-refractivity contribution in [2.75, 3.05) is 5.75 Å². The van der Waals surface area contributed by atoms with E-state index in [0.717, 1.165) is 44.8 Å². The van der Waals surface area contributed by atoms with E-state index in [1.54, 1.807) is 25.6 Å². The van der Waals surface area contributed by atoms with Crippen LogP contribution in [0.15, 0.2) is 27.5 Å². The second-order valence-electron chi connectivity index (χ2n) is 5.90. The van der Waals surface area contributed by atoms with Gasteiger partial charge in [0.1, 0.15) is 5.82 Å². The summed E-state index contributed by atoms with van der Waals surface area (Å²) >= 11 is 5.28. The predicted molar refractivity (Wildman–Crippen MR) is 93.1 cm³/mol. The smallest absolute Gasteiger partial charge is 0.255 e. The molecule has 0 unspecified atom stereocenters. The molecule has 0 bridgehead atoms. The second-order valence-corrected chi connectivity index (χ2v) is 7.86. The normalized spacial score (nSPS) is 14.7. The van der Waals surface area contributed by atoms with Gasteiger partial charge in [-0.2, -0.15) is 11.8 Å². The fourth-order valence-electron chi connectivity index (χ4n) is 2.46. The van der Waals surface area contributed by atoms with Crippen molar-refractivity contribution in [2.45, 2.75) is 31.6 Å². The van der Waals surface area contributed by atoms with E-state index in [1.165, 1.54) is 0 Å². The number of aryl methyl sites for hydroxylation is 1. The molecule has 0 atom stereocenters. The first-order valence-corrected chi connectivity index (χ1v) is 9.03. The Bertz CT molecular complexity index is 781. The number of nitrogens with zero attached hydrogens (tertiary/aromatic N) is 1. The molecule has 1 aromatic heterocycles. The van der Waals surface area contributed by atoms with E-state index < -0.39 is 5.60 Å². The van der Waals surface area contributed by atoms with Gasteiger partial charge in [-0.1, -0.05) is 22.0 Å². The molecule has 0 fully saturated rings. The molecule has 3 rings (SSSR count). The summed E-state index contributed by atoms with van der Waals surface area (Å²) in [5, 5.41) is 10.1. The summed E-state index contributed by atoms with van der Waals surface area (Å²) in [6, 6.07) is 5.60. The van der Waals surface area contributed by atoms with Crippen molar-refractivity contribution in [3.63, 3.8) is 0 Å². The molecule has 0 amide bonds. The molecular weight excluding hydrogens is 364 g/mol. The average Bonchev–Trinajstić information content (AvgIpc) is 2.46. The van der Waals surface area contributed by atoms with Crippen molar-refractivity contribution in [2.24, 2.45) is 0 Å². The molecule has 0 saturated carbocycles. The number of halogens is 1. The monoisotopic (exact) mass is 380 g/mol. The zero-order valence-corrected chi connectivity index (χ0v) is 14.8. The Hall–Kier alpha value is -1.11. The van der Waals surface area contributed by atoms with E-state index in [1.807, 2.05) is 18.2 Å². The van der Waals surface area contributed by atoms with Gasteiger partial charge < -0.3 is 10.1 Å². The molecule has 0 spiro atoms. The van der Waals surface area contributed by atoms with Crippen LogP contribution in [0.1, 0.15) is 30.7 Å². The third kappa shape index (κ3) is 3.00. The maximum absolute atomic E-state index is 12.2. The van der Waals surface area contributed by atoms with Crippen LogP contribution >= 0.6 is 27.7 Å². The number of fused-ring (bicyclic) bond motifs is 1. The molecule has 2 aromatic rings. The Kier molecular flexibility index (Phi) is 4.18. The van der Waals surface area contributed by atoms with Gasteiger partial charge in [-0.05, 0) is 43.7 Å². The van der Waals surface area contributed by atoms with Crippen LogP contribution < -0.4 is 5.56 Å². The zero-order chi connectivity index (χ0) is 15.9. The van der Waals surface area contributed by atoms with Gasteiger partial charge in [0.2, 0.25) is 0 Å². The highest BCUT2D eigenvalue weighted by Gasteiger charge is 2.20. The molecule has 6 heteroatoms. The maximum Gasteiger partial charge on any atom is 0.255 e. The van der Waals surface area contributed by atoms with E-state index in [4.69, 9.17) is 0 Å². The zero-order valence-electron chi connectivity index (χ0n) is 12.4. The van der Waals surface area contributed by atoms with Crippen LogP contribution in [0, 0.1) is 0 Å². The predicted octanol–water partition coefficient (Wildman–Crippen LogP) is 3.22. The van der Waals surface area contributed by atoms with Gasteiger partial charge in [-0.3, -0.25) is 4.79 Å². The van der Waals surface area contributed by atoms with Gasteiger partial charge in [-0.25, -0.2) is 4.98 Å². The van der Waals surface area contributed by atoms with Crippen LogP contribution in [-0.2, 0) is 17.8 Å². The number of hydrogen-bond acceptors (Lipinski definition) is 4. The second kappa shape index (κ2) is 5.83. The summed E-state index contributed by atoms with van der Waals surface area (Å²) in [6.07, 6.45) is 0.830. The van der Waals surface area contributed by atoms with E-state index in [2.05, 4.69) is 25.9 Å². The minimum atomic E-state index is -0.908. The lowest BCUT2D eigenvalue weighted by molar-refractivity contribution is 0.0785. The summed E-state index contributed by atoms with van der Waals surface area (Å²) < 4.78 is 0.806. The van der Waals surface area contributed by atoms with E-state index >= 15 is 0 Å². The molecule has 1 aromatic carbocycles. The lowest BCUT2D eigenvalue weighted by Crippen LogP contribution is -2.21. The number of aromatic nitrogens is 2. The molecule has 0 radical (unpaired) electrons. The van der Waals surface area contributed by atoms with E-state index in [9.17, 15) is 9.90 Å². The largest absolute Gasteiger partial charge is 0.386 e. The molecule has 116 valence electrons. The first-order chi connectivity index (χ1) is 10.4. The minimum absolute atomic E-state index is 0.0503. The van der Waals surface area contributed by atoms with Crippen LogP contribution in [0.3, 0.4) is 0 Å². The Morgan fingerprint density at radius 3 is 2.86 bits per heavy atom. The summed E-state index contributed by atoms with van der Waals surface area (Å²) in [5.41, 5.74) is 2.37. The number of nitrogens with one attached hydrogen (secondary N) is 1. The number of thioether (sulfide) groups is 1. The SMILES string of the molecule is CC(C)(O)c1ccc(-c2nc3c(c(=O)[nH]2)CSCC3)c(Br)c1. The highest BCUT2D eigenvalue weighted by molar-refractivity contribution is 9.10. The molecule has 0 aliphatic carbocycles. The average molecular weight is 381 g/mol. The third-order valence-electron chi connectivity index (χ3n) is 3.76. The van der Waals surface area contributed by atoms with Crippen LogP contribution in [0.5, 0.6) is 0 Å². The Balaban J connectivity index is 2.08. The Labute approximate surface area is 141 Å². The third-order valence-corrected chi connectivity index (χ3v) is 5.40.